The van der Waals surface area contributed by atoms with Crippen molar-refractivity contribution in [1.29, 1.82) is 0 Å². The van der Waals surface area contributed by atoms with E-state index < -0.39 is 36.8 Å². The molecule has 0 amide bonds. The highest BCUT2D eigenvalue weighted by atomic mass is 19.4. The van der Waals surface area contributed by atoms with Gasteiger partial charge in [-0.2, -0.15) is 18.3 Å². The van der Waals surface area contributed by atoms with Crippen molar-refractivity contribution in [2.45, 2.75) is 39.5 Å². The lowest BCUT2D eigenvalue weighted by Crippen LogP contribution is -2.20. The number of esters is 1. The largest absolute Gasteiger partial charge is 0.456 e. The van der Waals surface area contributed by atoms with Gasteiger partial charge in [-0.1, -0.05) is 0 Å². The van der Waals surface area contributed by atoms with Gasteiger partial charge in [0.2, 0.25) is 5.78 Å². The third-order valence-corrected chi connectivity index (χ3v) is 4.22. The summed E-state index contributed by atoms with van der Waals surface area (Å²) in [5, 5.41) is 3.26. The van der Waals surface area contributed by atoms with Crippen LogP contribution in [0.15, 0.2) is 18.3 Å². The molecular formula is C18H22F3N3O4. The Kier molecular flexibility index (Phi) is 6.65. The summed E-state index contributed by atoms with van der Waals surface area (Å²) in [5.41, 5.74) is 0.915. The van der Waals surface area contributed by atoms with Crippen molar-refractivity contribution in [1.82, 2.24) is 14.3 Å². The number of methoxy groups -OCH3 is 1. The number of hydrogen-bond donors (Lipinski definition) is 0. The summed E-state index contributed by atoms with van der Waals surface area (Å²) in [6.07, 6.45) is -3.57. The molecule has 2 aromatic rings. The van der Waals surface area contributed by atoms with Gasteiger partial charge in [0.25, 0.3) is 0 Å². The third-order valence-electron chi connectivity index (χ3n) is 4.22. The summed E-state index contributed by atoms with van der Waals surface area (Å²) in [4.78, 5) is 24.2. The van der Waals surface area contributed by atoms with E-state index in [9.17, 15) is 22.8 Å². The molecule has 0 aromatic carbocycles. The van der Waals surface area contributed by atoms with E-state index in [0.717, 1.165) is 28.3 Å². The van der Waals surface area contributed by atoms with Gasteiger partial charge in [0, 0.05) is 30.3 Å². The summed E-state index contributed by atoms with van der Waals surface area (Å²) in [7, 11) is 1.59. The van der Waals surface area contributed by atoms with Crippen LogP contribution in [0, 0.1) is 13.8 Å². The molecule has 154 valence electrons. The Labute approximate surface area is 160 Å². The first-order valence-corrected chi connectivity index (χ1v) is 8.51. The highest BCUT2D eigenvalue weighted by Crippen LogP contribution is 2.27. The van der Waals surface area contributed by atoms with Gasteiger partial charge in [-0.3, -0.25) is 14.3 Å². The Morgan fingerprint density at radius 2 is 1.96 bits per heavy atom. The molecule has 0 aliphatic rings. The van der Waals surface area contributed by atoms with Crippen molar-refractivity contribution in [2.75, 3.05) is 20.3 Å². The second kappa shape index (κ2) is 8.59. The third kappa shape index (κ3) is 5.00. The van der Waals surface area contributed by atoms with Crippen molar-refractivity contribution in [2.24, 2.45) is 0 Å². The van der Waals surface area contributed by atoms with E-state index in [-0.39, 0.29) is 6.04 Å². The van der Waals surface area contributed by atoms with Crippen LogP contribution in [-0.2, 0) is 27.0 Å². The van der Waals surface area contributed by atoms with Gasteiger partial charge in [-0.15, -0.1) is 0 Å². The van der Waals surface area contributed by atoms with Crippen LogP contribution in [0.4, 0.5) is 13.2 Å². The van der Waals surface area contributed by atoms with Crippen LogP contribution in [0.25, 0.3) is 0 Å². The average Bonchev–Trinajstić information content (AvgIpc) is 3.17. The molecule has 1 atom stereocenters. The Morgan fingerprint density at radius 1 is 1.29 bits per heavy atom. The number of carbonyl (C=O) groups is 2. The minimum absolute atomic E-state index is 0.0248. The van der Waals surface area contributed by atoms with E-state index in [1.54, 1.807) is 20.1 Å². The summed E-state index contributed by atoms with van der Waals surface area (Å²) in [6.45, 7) is 5.05. The molecular weight excluding hydrogens is 379 g/mol. The number of hydrogen-bond acceptors (Lipinski definition) is 5. The van der Waals surface area contributed by atoms with Gasteiger partial charge in [-0.25, -0.2) is 0 Å². The average molecular weight is 401 g/mol. The summed E-state index contributed by atoms with van der Waals surface area (Å²) in [5.74, 6) is -1.25. The lowest BCUT2D eigenvalue weighted by Gasteiger charge is -2.17. The van der Waals surface area contributed by atoms with E-state index in [1.807, 2.05) is 18.4 Å². The molecule has 1 unspecified atom stereocenters. The number of ketones is 1. The molecule has 0 saturated carbocycles. The van der Waals surface area contributed by atoms with E-state index in [4.69, 9.17) is 9.47 Å². The van der Waals surface area contributed by atoms with Crippen molar-refractivity contribution in [3.63, 3.8) is 0 Å². The van der Waals surface area contributed by atoms with Crippen LogP contribution in [-0.4, -0.2) is 46.4 Å². The minimum Gasteiger partial charge on any atom is -0.456 e. The zero-order valence-corrected chi connectivity index (χ0v) is 16.0. The van der Waals surface area contributed by atoms with Crippen LogP contribution >= 0.6 is 0 Å². The number of nitrogens with zero attached hydrogens (tertiary/aromatic N) is 3. The summed E-state index contributed by atoms with van der Waals surface area (Å²) >= 11 is 0. The van der Waals surface area contributed by atoms with Gasteiger partial charge in [0.05, 0.1) is 12.6 Å². The molecule has 10 heteroatoms. The number of Topliss-reactive ketones (excluding diaryl/α,β-unsaturated/α-hetero) is 1. The fraction of sp³-hybridized carbons (Fsp3) is 0.500. The van der Waals surface area contributed by atoms with Crippen molar-refractivity contribution in [3.05, 3.63) is 41.0 Å². The van der Waals surface area contributed by atoms with Crippen LogP contribution in [0.5, 0.6) is 0 Å². The molecule has 0 aliphatic carbocycles. The molecule has 0 aliphatic heterocycles. The van der Waals surface area contributed by atoms with Crippen LogP contribution in [0.2, 0.25) is 0 Å². The first-order chi connectivity index (χ1) is 13.0. The van der Waals surface area contributed by atoms with Gasteiger partial charge in [0.1, 0.15) is 6.54 Å². The van der Waals surface area contributed by atoms with Crippen molar-refractivity contribution < 1.29 is 32.2 Å². The number of ether oxygens (including phenoxy) is 2. The number of alkyl halides is 3. The van der Waals surface area contributed by atoms with Gasteiger partial charge in [-0.05, 0) is 32.9 Å². The van der Waals surface area contributed by atoms with Gasteiger partial charge < -0.3 is 14.0 Å². The fourth-order valence-corrected chi connectivity index (χ4v) is 3.06. The van der Waals surface area contributed by atoms with Gasteiger partial charge >= 0.3 is 12.1 Å². The molecule has 2 rings (SSSR count). The molecule has 0 saturated heterocycles. The Morgan fingerprint density at radius 3 is 2.54 bits per heavy atom. The standard InChI is InChI=1S/C18H22F3N3O4/c1-11-7-14(13(3)24(11)12(2)9-27-4)15(25)10-28-17(26)8-23-6-5-16(22-23)18(19,20)21/h5-7,12H,8-10H2,1-4H3. The van der Waals surface area contributed by atoms with E-state index in [2.05, 4.69) is 5.10 Å². The molecule has 0 spiro atoms. The Balaban J connectivity index is 1.97. The second-order valence-electron chi connectivity index (χ2n) is 6.44. The number of carbonyl (C=O) groups excluding carboxylic acids is 2. The van der Waals surface area contributed by atoms with E-state index in [0.29, 0.717) is 12.2 Å². The molecule has 2 aromatic heterocycles. The zero-order chi connectivity index (χ0) is 21.1. The van der Waals surface area contributed by atoms with Crippen LogP contribution in [0.3, 0.4) is 0 Å². The molecule has 0 N–H and O–H groups in total. The second-order valence-corrected chi connectivity index (χ2v) is 6.44. The van der Waals surface area contributed by atoms with Gasteiger partial charge in [0.15, 0.2) is 12.3 Å². The number of aryl methyl sites for hydroxylation is 1. The predicted octanol–water partition coefficient (Wildman–Crippen LogP) is 2.95. The Hall–Kier alpha value is -2.62. The molecule has 28 heavy (non-hydrogen) atoms. The predicted molar refractivity (Wildman–Crippen MR) is 93.0 cm³/mol. The first-order valence-electron chi connectivity index (χ1n) is 8.51. The van der Waals surface area contributed by atoms with Crippen molar-refractivity contribution >= 4 is 11.8 Å². The fourth-order valence-electron chi connectivity index (χ4n) is 3.06. The topological polar surface area (TPSA) is 75.3 Å². The SMILES string of the molecule is COCC(C)n1c(C)cc(C(=O)COC(=O)Cn2ccc(C(F)(F)F)n2)c1C. The quantitative estimate of drug-likeness (QED) is 0.502. The normalized spacial score (nSPS) is 12.8. The molecule has 0 fully saturated rings. The van der Waals surface area contributed by atoms with Crippen molar-refractivity contribution in [3.8, 4) is 0 Å². The molecule has 2 heterocycles. The van der Waals surface area contributed by atoms with Crippen LogP contribution in [0.1, 0.15) is 40.4 Å². The maximum atomic E-state index is 12.5. The maximum absolute atomic E-state index is 12.5. The smallest absolute Gasteiger partial charge is 0.435 e. The highest BCUT2D eigenvalue weighted by molar-refractivity contribution is 5.99. The number of halogens is 3. The highest BCUT2D eigenvalue weighted by Gasteiger charge is 2.33. The molecule has 0 radical (unpaired) electrons. The summed E-state index contributed by atoms with van der Waals surface area (Å²) in [6, 6.07) is 2.49. The first kappa shape index (κ1) is 21.7. The minimum atomic E-state index is -4.59. The zero-order valence-electron chi connectivity index (χ0n) is 16.0. The lowest BCUT2D eigenvalue weighted by atomic mass is 10.1. The monoisotopic (exact) mass is 401 g/mol. The van der Waals surface area contributed by atoms with Crippen LogP contribution < -0.4 is 0 Å². The van der Waals surface area contributed by atoms with E-state index >= 15 is 0 Å². The van der Waals surface area contributed by atoms with E-state index in [1.165, 1.54) is 0 Å². The Bertz CT molecular complexity index is 855. The molecule has 7 nitrogen and oxygen atoms in total. The number of rotatable bonds is 8. The maximum Gasteiger partial charge on any atom is 0.435 e. The number of aromatic nitrogens is 3. The molecule has 0 bridgehead atoms. The lowest BCUT2D eigenvalue weighted by molar-refractivity contribution is -0.145. The summed E-state index contributed by atoms with van der Waals surface area (Å²) < 4.78 is 50.4.